The van der Waals surface area contributed by atoms with E-state index in [1.807, 2.05) is 19.1 Å². The van der Waals surface area contributed by atoms with Gasteiger partial charge in [-0.2, -0.15) is 0 Å². The lowest BCUT2D eigenvalue weighted by Gasteiger charge is -2.19. The van der Waals surface area contributed by atoms with E-state index in [4.69, 9.17) is 9.47 Å². The van der Waals surface area contributed by atoms with Gasteiger partial charge in [-0.25, -0.2) is 0 Å². The van der Waals surface area contributed by atoms with Crippen LogP contribution in [-0.2, 0) is 6.54 Å². The molecular weight excluding hydrogens is 262 g/mol. The van der Waals surface area contributed by atoms with E-state index < -0.39 is 0 Å². The molecule has 0 amide bonds. The number of hydrogen-bond donors (Lipinski definition) is 1. The van der Waals surface area contributed by atoms with Gasteiger partial charge in [-0.3, -0.25) is 0 Å². The van der Waals surface area contributed by atoms with Crippen molar-refractivity contribution in [3.63, 3.8) is 0 Å². The van der Waals surface area contributed by atoms with Crippen LogP contribution in [0.4, 0.5) is 0 Å². The molecule has 0 saturated heterocycles. The lowest BCUT2D eigenvalue weighted by atomic mass is 10.1. The Kier molecular flexibility index (Phi) is 6.37. The number of hydrogen-bond acceptors (Lipinski definition) is 3. The highest BCUT2D eigenvalue weighted by atomic mass is 16.5. The van der Waals surface area contributed by atoms with Gasteiger partial charge in [0.1, 0.15) is 0 Å². The Labute approximate surface area is 129 Å². The number of nitrogens with one attached hydrogen (secondary N) is 1. The van der Waals surface area contributed by atoms with Crippen LogP contribution in [0.15, 0.2) is 18.2 Å². The second-order valence-corrected chi connectivity index (χ2v) is 6.17. The Morgan fingerprint density at radius 3 is 2.62 bits per heavy atom. The summed E-state index contributed by atoms with van der Waals surface area (Å²) in [6, 6.07) is 6.64. The summed E-state index contributed by atoms with van der Waals surface area (Å²) in [5.41, 5.74) is 1.19. The third-order valence-corrected chi connectivity index (χ3v) is 4.00. The molecule has 0 unspecified atom stereocenters. The molecule has 1 aromatic carbocycles. The molecule has 0 heterocycles. The fourth-order valence-corrected chi connectivity index (χ4v) is 2.83. The van der Waals surface area contributed by atoms with Gasteiger partial charge in [-0.1, -0.05) is 38.8 Å². The monoisotopic (exact) mass is 291 g/mol. The Hall–Kier alpha value is -1.22. The smallest absolute Gasteiger partial charge is 0.165 e. The fraction of sp³-hybridized carbons (Fsp3) is 0.667. The van der Waals surface area contributed by atoms with E-state index in [1.165, 1.54) is 31.2 Å². The van der Waals surface area contributed by atoms with Gasteiger partial charge < -0.3 is 14.8 Å². The van der Waals surface area contributed by atoms with Crippen molar-refractivity contribution in [2.75, 3.05) is 13.2 Å². The fourth-order valence-electron chi connectivity index (χ4n) is 2.83. The van der Waals surface area contributed by atoms with Crippen LogP contribution in [0.3, 0.4) is 0 Å². The van der Waals surface area contributed by atoms with Crippen molar-refractivity contribution in [2.24, 2.45) is 5.92 Å². The molecular formula is C18H29NO2. The molecule has 3 nitrogen and oxygen atoms in total. The summed E-state index contributed by atoms with van der Waals surface area (Å²) in [4.78, 5) is 0. The molecule has 0 spiro atoms. The van der Waals surface area contributed by atoms with Gasteiger partial charge in [-0.15, -0.1) is 0 Å². The molecule has 1 saturated carbocycles. The van der Waals surface area contributed by atoms with Gasteiger partial charge in [0.15, 0.2) is 11.5 Å². The van der Waals surface area contributed by atoms with Crippen LogP contribution in [-0.4, -0.2) is 19.3 Å². The second-order valence-electron chi connectivity index (χ2n) is 6.17. The van der Waals surface area contributed by atoms with Crippen molar-refractivity contribution < 1.29 is 9.47 Å². The SMILES string of the molecule is CCOc1cccc(CNC(C)C)c1OCC1CCCC1. The summed E-state index contributed by atoms with van der Waals surface area (Å²) < 4.78 is 11.9. The standard InChI is InChI=1S/C18H29NO2/c1-4-20-17-11-7-10-16(12-19-14(2)3)18(17)21-13-15-8-5-6-9-15/h7,10-11,14-15,19H,4-6,8-9,12-13H2,1-3H3. The van der Waals surface area contributed by atoms with Crippen LogP contribution in [0.2, 0.25) is 0 Å². The number of ether oxygens (including phenoxy) is 2. The first kappa shape index (κ1) is 16.2. The minimum atomic E-state index is 0.462. The topological polar surface area (TPSA) is 30.5 Å². The summed E-state index contributed by atoms with van der Waals surface area (Å²) in [5, 5.41) is 3.46. The zero-order chi connectivity index (χ0) is 15.1. The van der Waals surface area contributed by atoms with Crippen molar-refractivity contribution >= 4 is 0 Å². The third kappa shape index (κ3) is 4.92. The van der Waals surface area contributed by atoms with E-state index in [-0.39, 0.29) is 0 Å². The van der Waals surface area contributed by atoms with Gasteiger partial charge in [0.2, 0.25) is 0 Å². The molecule has 2 rings (SSSR count). The van der Waals surface area contributed by atoms with E-state index in [9.17, 15) is 0 Å². The average Bonchev–Trinajstić information content (AvgIpc) is 2.97. The van der Waals surface area contributed by atoms with Crippen molar-refractivity contribution in [1.29, 1.82) is 0 Å². The van der Waals surface area contributed by atoms with E-state index in [0.29, 0.717) is 18.6 Å². The highest BCUT2D eigenvalue weighted by molar-refractivity contribution is 5.46. The van der Waals surface area contributed by atoms with Crippen LogP contribution in [0, 0.1) is 5.92 Å². The molecule has 0 radical (unpaired) electrons. The number of para-hydroxylation sites is 1. The zero-order valence-corrected chi connectivity index (χ0v) is 13.7. The molecule has 21 heavy (non-hydrogen) atoms. The molecule has 1 aliphatic carbocycles. The van der Waals surface area contributed by atoms with Gasteiger partial charge in [0.25, 0.3) is 0 Å². The van der Waals surface area contributed by atoms with Crippen LogP contribution in [0.25, 0.3) is 0 Å². The Morgan fingerprint density at radius 1 is 1.19 bits per heavy atom. The van der Waals surface area contributed by atoms with E-state index in [1.54, 1.807) is 0 Å². The van der Waals surface area contributed by atoms with Gasteiger partial charge in [0.05, 0.1) is 13.2 Å². The molecule has 118 valence electrons. The highest BCUT2D eigenvalue weighted by Gasteiger charge is 2.18. The highest BCUT2D eigenvalue weighted by Crippen LogP contribution is 2.33. The summed E-state index contributed by atoms with van der Waals surface area (Å²) >= 11 is 0. The van der Waals surface area contributed by atoms with Crippen LogP contribution in [0.1, 0.15) is 52.0 Å². The molecule has 0 aliphatic heterocycles. The lowest BCUT2D eigenvalue weighted by Crippen LogP contribution is -2.22. The second kappa shape index (κ2) is 8.28. The first-order valence-corrected chi connectivity index (χ1v) is 8.31. The van der Waals surface area contributed by atoms with Gasteiger partial charge in [0, 0.05) is 18.2 Å². The van der Waals surface area contributed by atoms with E-state index in [0.717, 1.165) is 24.7 Å². The quantitative estimate of drug-likeness (QED) is 0.780. The first-order chi connectivity index (χ1) is 10.2. The average molecular weight is 291 g/mol. The molecule has 1 aromatic rings. The van der Waals surface area contributed by atoms with Crippen molar-refractivity contribution in [2.45, 2.75) is 59.0 Å². The predicted molar refractivity (Wildman–Crippen MR) is 87.0 cm³/mol. The largest absolute Gasteiger partial charge is 0.490 e. The maximum atomic E-state index is 6.17. The van der Waals surface area contributed by atoms with Crippen molar-refractivity contribution in [3.8, 4) is 11.5 Å². The van der Waals surface area contributed by atoms with E-state index in [2.05, 4.69) is 25.2 Å². The maximum Gasteiger partial charge on any atom is 0.165 e. The maximum absolute atomic E-state index is 6.17. The summed E-state index contributed by atoms with van der Waals surface area (Å²) in [6.45, 7) is 8.63. The first-order valence-electron chi connectivity index (χ1n) is 8.31. The molecule has 1 N–H and O–H groups in total. The normalized spacial score (nSPS) is 15.6. The van der Waals surface area contributed by atoms with Crippen LogP contribution >= 0.6 is 0 Å². The molecule has 1 fully saturated rings. The molecule has 1 aliphatic rings. The van der Waals surface area contributed by atoms with Crippen LogP contribution in [0.5, 0.6) is 11.5 Å². The minimum Gasteiger partial charge on any atom is -0.490 e. The summed E-state index contributed by atoms with van der Waals surface area (Å²) in [6.07, 6.45) is 5.30. The summed E-state index contributed by atoms with van der Waals surface area (Å²) in [5.74, 6) is 2.52. The molecule has 0 aromatic heterocycles. The number of benzene rings is 1. The van der Waals surface area contributed by atoms with E-state index >= 15 is 0 Å². The van der Waals surface area contributed by atoms with Crippen molar-refractivity contribution in [1.82, 2.24) is 5.32 Å². The Balaban J connectivity index is 2.08. The van der Waals surface area contributed by atoms with Crippen LogP contribution < -0.4 is 14.8 Å². The number of rotatable bonds is 8. The van der Waals surface area contributed by atoms with Gasteiger partial charge >= 0.3 is 0 Å². The zero-order valence-electron chi connectivity index (χ0n) is 13.7. The lowest BCUT2D eigenvalue weighted by molar-refractivity contribution is 0.231. The third-order valence-electron chi connectivity index (χ3n) is 4.00. The summed E-state index contributed by atoms with van der Waals surface area (Å²) in [7, 11) is 0. The Bertz CT molecular complexity index is 425. The Morgan fingerprint density at radius 2 is 1.95 bits per heavy atom. The minimum absolute atomic E-state index is 0.462. The molecule has 0 bridgehead atoms. The van der Waals surface area contributed by atoms with Crippen molar-refractivity contribution in [3.05, 3.63) is 23.8 Å². The molecule has 3 heteroatoms. The predicted octanol–water partition coefficient (Wildman–Crippen LogP) is 4.15. The van der Waals surface area contributed by atoms with Gasteiger partial charge in [-0.05, 0) is 31.7 Å². The molecule has 0 atom stereocenters.